The minimum atomic E-state index is 1.13. The molecule has 1 aliphatic carbocycles. The molecule has 1 heterocycles. The van der Waals surface area contributed by atoms with Gasteiger partial charge in [-0.3, -0.25) is 0 Å². The summed E-state index contributed by atoms with van der Waals surface area (Å²) in [5.74, 6) is 0. The van der Waals surface area contributed by atoms with Crippen molar-refractivity contribution < 1.29 is 0 Å². The lowest BCUT2D eigenvalue weighted by molar-refractivity contribution is 0.608. The van der Waals surface area contributed by atoms with E-state index >= 15 is 0 Å². The second kappa shape index (κ2) is 3.25. The first-order valence-electron chi connectivity index (χ1n) is 4.75. The molecule has 3 heteroatoms. The molecule has 0 saturated heterocycles. The molecule has 66 valence electrons. The van der Waals surface area contributed by atoms with Gasteiger partial charge in [0.2, 0.25) is 0 Å². The molecule has 0 spiro atoms. The zero-order valence-electron chi connectivity index (χ0n) is 7.58. The molecule has 0 aromatic carbocycles. The molecule has 3 nitrogen and oxygen atoms in total. The first kappa shape index (κ1) is 7.77. The minimum absolute atomic E-state index is 1.13. The Morgan fingerprint density at radius 2 is 1.42 bits per heavy atom. The number of aromatic nitrogens is 3. The van der Waals surface area contributed by atoms with Crippen LogP contribution in [0, 0.1) is 0 Å². The summed E-state index contributed by atoms with van der Waals surface area (Å²) >= 11 is 0. The van der Waals surface area contributed by atoms with Crippen LogP contribution in [-0.4, -0.2) is 15.0 Å². The van der Waals surface area contributed by atoms with Gasteiger partial charge < -0.3 is 0 Å². The molecular weight excluding hydrogens is 150 g/mol. The van der Waals surface area contributed by atoms with Crippen molar-refractivity contribution in [2.24, 2.45) is 7.05 Å². The standard InChI is InChI=1S/C9H15N3/c1-12-10-8-6-4-2-3-5-7-9(8)11-12/h2-7H2,1H3. The lowest BCUT2D eigenvalue weighted by atomic mass is 10.0. The number of aryl methyl sites for hydroxylation is 3. The number of hydrogen-bond donors (Lipinski definition) is 0. The summed E-state index contributed by atoms with van der Waals surface area (Å²) in [5.41, 5.74) is 2.47. The smallest absolute Gasteiger partial charge is 0.0859 e. The molecule has 0 N–H and O–H groups in total. The van der Waals surface area contributed by atoms with E-state index in [1.165, 1.54) is 37.1 Å². The van der Waals surface area contributed by atoms with Gasteiger partial charge in [0.05, 0.1) is 11.4 Å². The Kier molecular flexibility index (Phi) is 2.11. The average molecular weight is 165 g/mol. The van der Waals surface area contributed by atoms with E-state index in [4.69, 9.17) is 0 Å². The van der Waals surface area contributed by atoms with Crippen LogP contribution >= 0.6 is 0 Å². The summed E-state index contributed by atoms with van der Waals surface area (Å²) in [5, 5.41) is 8.72. The number of fused-ring (bicyclic) bond motifs is 1. The monoisotopic (exact) mass is 165 g/mol. The molecular formula is C9H15N3. The summed E-state index contributed by atoms with van der Waals surface area (Å²) in [4.78, 5) is 1.70. The highest BCUT2D eigenvalue weighted by molar-refractivity contribution is 5.09. The molecule has 0 fully saturated rings. The van der Waals surface area contributed by atoms with Gasteiger partial charge in [-0.1, -0.05) is 12.8 Å². The van der Waals surface area contributed by atoms with Crippen molar-refractivity contribution in [3.63, 3.8) is 0 Å². The normalized spacial score (nSPS) is 18.1. The largest absolute Gasteiger partial charge is 0.188 e. The predicted molar refractivity (Wildman–Crippen MR) is 46.9 cm³/mol. The van der Waals surface area contributed by atoms with Gasteiger partial charge in [-0.15, -0.1) is 0 Å². The number of hydrogen-bond acceptors (Lipinski definition) is 2. The van der Waals surface area contributed by atoms with E-state index in [0.717, 1.165) is 12.8 Å². The summed E-state index contributed by atoms with van der Waals surface area (Å²) < 4.78 is 0. The fraction of sp³-hybridized carbons (Fsp3) is 0.778. The van der Waals surface area contributed by atoms with Crippen LogP contribution in [0.2, 0.25) is 0 Å². The molecule has 0 bridgehead atoms. The van der Waals surface area contributed by atoms with Crippen molar-refractivity contribution in [2.75, 3.05) is 0 Å². The van der Waals surface area contributed by atoms with Crippen LogP contribution in [0.25, 0.3) is 0 Å². The van der Waals surface area contributed by atoms with Crippen LogP contribution < -0.4 is 0 Å². The van der Waals surface area contributed by atoms with E-state index in [-0.39, 0.29) is 0 Å². The summed E-state index contributed by atoms with van der Waals surface area (Å²) in [6.45, 7) is 0. The van der Waals surface area contributed by atoms with Crippen LogP contribution in [-0.2, 0) is 19.9 Å². The lowest BCUT2D eigenvalue weighted by Gasteiger charge is -2.05. The van der Waals surface area contributed by atoms with Crippen LogP contribution in [0.15, 0.2) is 0 Å². The van der Waals surface area contributed by atoms with Crippen molar-refractivity contribution >= 4 is 0 Å². The highest BCUT2D eigenvalue weighted by atomic mass is 15.5. The predicted octanol–water partition coefficient (Wildman–Crippen LogP) is 1.47. The molecule has 0 saturated carbocycles. The van der Waals surface area contributed by atoms with Crippen molar-refractivity contribution in [3.8, 4) is 0 Å². The maximum atomic E-state index is 4.36. The third-order valence-electron chi connectivity index (χ3n) is 2.44. The van der Waals surface area contributed by atoms with E-state index in [1.54, 1.807) is 4.80 Å². The Morgan fingerprint density at radius 3 is 1.92 bits per heavy atom. The molecule has 0 unspecified atom stereocenters. The zero-order chi connectivity index (χ0) is 8.39. The fourth-order valence-corrected chi connectivity index (χ4v) is 1.81. The Hall–Kier alpha value is -0.860. The quantitative estimate of drug-likeness (QED) is 0.583. The average Bonchev–Trinajstić information content (AvgIpc) is 2.32. The Morgan fingerprint density at radius 1 is 0.917 bits per heavy atom. The molecule has 0 atom stereocenters. The van der Waals surface area contributed by atoms with Gasteiger partial charge >= 0.3 is 0 Å². The molecule has 0 aliphatic heterocycles. The van der Waals surface area contributed by atoms with E-state index in [2.05, 4.69) is 10.2 Å². The minimum Gasteiger partial charge on any atom is -0.188 e. The van der Waals surface area contributed by atoms with Crippen LogP contribution in [0.4, 0.5) is 0 Å². The fourth-order valence-electron chi connectivity index (χ4n) is 1.81. The van der Waals surface area contributed by atoms with E-state index < -0.39 is 0 Å². The second-order valence-electron chi connectivity index (χ2n) is 3.50. The van der Waals surface area contributed by atoms with Crippen molar-refractivity contribution in [3.05, 3.63) is 11.4 Å². The molecule has 1 aliphatic rings. The lowest BCUT2D eigenvalue weighted by Crippen LogP contribution is -1.98. The second-order valence-corrected chi connectivity index (χ2v) is 3.50. The number of rotatable bonds is 0. The van der Waals surface area contributed by atoms with Crippen LogP contribution in [0.5, 0.6) is 0 Å². The first-order chi connectivity index (χ1) is 5.86. The molecule has 0 radical (unpaired) electrons. The van der Waals surface area contributed by atoms with Gasteiger partial charge in [-0.25, -0.2) is 0 Å². The highest BCUT2D eigenvalue weighted by Crippen LogP contribution is 2.16. The van der Waals surface area contributed by atoms with Gasteiger partial charge in [0.1, 0.15) is 0 Å². The van der Waals surface area contributed by atoms with Crippen LogP contribution in [0.1, 0.15) is 37.1 Å². The van der Waals surface area contributed by atoms with Gasteiger partial charge in [0, 0.05) is 7.05 Å². The van der Waals surface area contributed by atoms with E-state index in [9.17, 15) is 0 Å². The molecule has 12 heavy (non-hydrogen) atoms. The molecule has 1 aromatic rings. The number of nitrogens with zero attached hydrogens (tertiary/aromatic N) is 3. The third-order valence-corrected chi connectivity index (χ3v) is 2.44. The van der Waals surface area contributed by atoms with E-state index in [1.807, 2.05) is 7.05 Å². The highest BCUT2D eigenvalue weighted by Gasteiger charge is 2.11. The summed E-state index contributed by atoms with van der Waals surface area (Å²) in [6.07, 6.45) is 7.54. The topological polar surface area (TPSA) is 30.7 Å². The third kappa shape index (κ3) is 1.49. The van der Waals surface area contributed by atoms with Crippen molar-refractivity contribution in [1.29, 1.82) is 0 Å². The maximum Gasteiger partial charge on any atom is 0.0859 e. The van der Waals surface area contributed by atoms with Gasteiger partial charge in [-0.05, 0) is 25.7 Å². The maximum absolute atomic E-state index is 4.36. The van der Waals surface area contributed by atoms with Gasteiger partial charge in [0.25, 0.3) is 0 Å². The van der Waals surface area contributed by atoms with Crippen molar-refractivity contribution in [2.45, 2.75) is 38.5 Å². The first-order valence-corrected chi connectivity index (χ1v) is 4.75. The summed E-state index contributed by atoms with van der Waals surface area (Å²) in [6, 6.07) is 0. The van der Waals surface area contributed by atoms with Gasteiger partial charge in [-0.2, -0.15) is 15.0 Å². The Bertz CT molecular complexity index is 239. The molecule has 2 rings (SSSR count). The van der Waals surface area contributed by atoms with Crippen molar-refractivity contribution in [1.82, 2.24) is 15.0 Å². The zero-order valence-corrected chi connectivity index (χ0v) is 7.58. The Balaban J connectivity index is 2.23. The molecule has 0 amide bonds. The van der Waals surface area contributed by atoms with Gasteiger partial charge in [0.15, 0.2) is 0 Å². The Labute approximate surface area is 72.8 Å². The SMILES string of the molecule is Cn1nc2c(n1)CCCCCC2. The summed E-state index contributed by atoms with van der Waals surface area (Å²) in [7, 11) is 1.91. The van der Waals surface area contributed by atoms with E-state index in [0.29, 0.717) is 0 Å². The molecule has 1 aromatic heterocycles. The van der Waals surface area contributed by atoms with Crippen LogP contribution in [0.3, 0.4) is 0 Å².